The summed E-state index contributed by atoms with van der Waals surface area (Å²) in [4.78, 5) is 25.3. The van der Waals surface area contributed by atoms with E-state index in [1.165, 1.54) is 0 Å². The first-order valence-corrected chi connectivity index (χ1v) is 8.23. The van der Waals surface area contributed by atoms with Crippen molar-refractivity contribution in [3.63, 3.8) is 0 Å². The Kier molecular flexibility index (Phi) is 5.05. The summed E-state index contributed by atoms with van der Waals surface area (Å²) in [5.74, 6) is 1.24. The van der Waals surface area contributed by atoms with Crippen LogP contribution in [0.4, 0.5) is 11.6 Å². The summed E-state index contributed by atoms with van der Waals surface area (Å²) < 4.78 is 0. The zero-order valence-corrected chi connectivity index (χ0v) is 14.1. The van der Waals surface area contributed by atoms with Crippen LogP contribution in [0.1, 0.15) is 23.2 Å². The molecule has 3 heterocycles. The molecule has 6 nitrogen and oxygen atoms in total. The molecular weight excluding hydrogens is 302 g/mol. The summed E-state index contributed by atoms with van der Waals surface area (Å²) in [7, 11) is 4.23. The Hall–Kier alpha value is -2.47. The van der Waals surface area contributed by atoms with Crippen molar-refractivity contribution in [2.24, 2.45) is 0 Å². The first kappa shape index (κ1) is 16.4. The lowest BCUT2D eigenvalue weighted by molar-refractivity contribution is 0.102. The Balaban J connectivity index is 1.68. The van der Waals surface area contributed by atoms with E-state index in [1.54, 1.807) is 30.6 Å². The van der Waals surface area contributed by atoms with Crippen LogP contribution in [0.5, 0.6) is 0 Å². The lowest BCUT2D eigenvalue weighted by Gasteiger charge is -2.35. The van der Waals surface area contributed by atoms with E-state index in [0.29, 0.717) is 17.4 Å². The van der Waals surface area contributed by atoms with Crippen molar-refractivity contribution in [1.82, 2.24) is 14.9 Å². The number of nitrogens with zero attached hydrogens (tertiary/aromatic N) is 4. The summed E-state index contributed by atoms with van der Waals surface area (Å²) in [5, 5.41) is 2.84. The number of carbonyl (C=O) groups is 1. The van der Waals surface area contributed by atoms with Crippen LogP contribution in [0.2, 0.25) is 0 Å². The first-order valence-electron chi connectivity index (χ1n) is 8.23. The van der Waals surface area contributed by atoms with Crippen LogP contribution in [0.3, 0.4) is 0 Å². The molecule has 0 saturated carbocycles. The summed E-state index contributed by atoms with van der Waals surface area (Å²) in [6.45, 7) is 2.21. The second-order valence-corrected chi connectivity index (χ2v) is 6.22. The third kappa shape index (κ3) is 3.89. The SMILES string of the molecule is CN1CCC(N(C)c2cccc(NC(=O)c3cccnc3)n2)CC1. The molecule has 6 heteroatoms. The van der Waals surface area contributed by atoms with Gasteiger partial charge in [0.15, 0.2) is 0 Å². The predicted octanol–water partition coefficient (Wildman–Crippen LogP) is 2.26. The minimum Gasteiger partial charge on any atom is -0.357 e. The molecule has 1 aliphatic rings. The third-order valence-corrected chi connectivity index (χ3v) is 4.50. The number of piperidine rings is 1. The van der Waals surface area contributed by atoms with Crippen molar-refractivity contribution in [1.29, 1.82) is 0 Å². The van der Waals surface area contributed by atoms with Gasteiger partial charge in [0.25, 0.3) is 5.91 Å². The van der Waals surface area contributed by atoms with Crippen LogP contribution in [0.25, 0.3) is 0 Å². The van der Waals surface area contributed by atoms with Crippen LogP contribution in [0.15, 0.2) is 42.7 Å². The molecule has 0 aliphatic carbocycles. The molecule has 1 saturated heterocycles. The molecule has 0 spiro atoms. The van der Waals surface area contributed by atoms with E-state index in [1.807, 2.05) is 12.1 Å². The molecule has 1 N–H and O–H groups in total. The summed E-state index contributed by atoms with van der Waals surface area (Å²) in [6, 6.07) is 9.67. The number of pyridine rings is 2. The van der Waals surface area contributed by atoms with Crippen molar-refractivity contribution >= 4 is 17.5 Å². The van der Waals surface area contributed by atoms with E-state index in [0.717, 1.165) is 31.7 Å². The van der Waals surface area contributed by atoms with Gasteiger partial charge in [0.2, 0.25) is 0 Å². The Morgan fingerprint density at radius 2 is 2.04 bits per heavy atom. The molecule has 2 aromatic heterocycles. The highest BCUT2D eigenvalue weighted by atomic mass is 16.1. The number of aromatic nitrogens is 2. The lowest BCUT2D eigenvalue weighted by atomic mass is 10.0. The number of likely N-dealkylation sites (tertiary alicyclic amines) is 1. The predicted molar refractivity (Wildman–Crippen MR) is 95.3 cm³/mol. The molecular formula is C18H23N5O. The number of carbonyl (C=O) groups excluding carboxylic acids is 1. The molecule has 2 aromatic rings. The van der Waals surface area contributed by atoms with E-state index in [4.69, 9.17) is 0 Å². The number of anilines is 2. The van der Waals surface area contributed by atoms with Gasteiger partial charge in [0.1, 0.15) is 11.6 Å². The molecule has 1 aliphatic heterocycles. The number of amides is 1. The van der Waals surface area contributed by atoms with E-state index >= 15 is 0 Å². The molecule has 3 rings (SSSR count). The van der Waals surface area contributed by atoms with Gasteiger partial charge in [0, 0.05) is 25.5 Å². The Bertz CT molecular complexity index is 683. The smallest absolute Gasteiger partial charge is 0.258 e. The Morgan fingerprint density at radius 3 is 2.75 bits per heavy atom. The minimum absolute atomic E-state index is 0.199. The largest absolute Gasteiger partial charge is 0.357 e. The highest BCUT2D eigenvalue weighted by molar-refractivity contribution is 6.03. The molecule has 24 heavy (non-hydrogen) atoms. The van der Waals surface area contributed by atoms with Crippen LogP contribution in [-0.4, -0.2) is 54.0 Å². The van der Waals surface area contributed by atoms with Gasteiger partial charge < -0.3 is 15.1 Å². The van der Waals surface area contributed by atoms with Gasteiger partial charge in [-0.05, 0) is 57.2 Å². The molecule has 126 valence electrons. The topological polar surface area (TPSA) is 61.4 Å². The molecule has 0 unspecified atom stereocenters. The van der Waals surface area contributed by atoms with Gasteiger partial charge in [-0.3, -0.25) is 9.78 Å². The molecule has 0 aromatic carbocycles. The van der Waals surface area contributed by atoms with Gasteiger partial charge in [-0.15, -0.1) is 0 Å². The van der Waals surface area contributed by atoms with Crippen molar-refractivity contribution in [2.75, 3.05) is 37.4 Å². The average molecular weight is 325 g/mol. The minimum atomic E-state index is -0.199. The van der Waals surface area contributed by atoms with Crippen LogP contribution >= 0.6 is 0 Å². The standard InChI is InChI=1S/C18H23N5O/c1-22-11-8-15(9-12-22)23(2)17-7-3-6-16(20-17)21-18(24)14-5-4-10-19-13-14/h3-7,10,13,15H,8-9,11-12H2,1-2H3,(H,20,21,24). The normalized spacial score (nSPS) is 15.9. The van der Waals surface area contributed by atoms with Crippen LogP contribution < -0.4 is 10.2 Å². The number of rotatable bonds is 4. The van der Waals surface area contributed by atoms with Crippen LogP contribution in [-0.2, 0) is 0 Å². The second kappa shape index (κ2) is 7.40. The monoisotopic (exact) mass is 325 g/mol. The fourth-order valence-corrected chi connectivity index (χ4v) is 2.94. The van der Waals surface area contributed by atoms with E-state index in [9.17, 15) is 4.79 Å². The summed E-state index contributed by atoms with van der Waals surface area (Å²) in [5.41, 5.74) is 0.522. The fourth-order valence-electron chi connectivity index (χ4n) is 2.94. The highest BCUT2D eigenvalue weighted by Gasteiger charge is 2.21. The molecule has 0 bridgehead atoms. The number of hydrogen-bond acceptors (Lipinski definition) is 5. The van der Waals surface area contributed by atoms with E-state index in [-0.39, 0.29) is 5.91 Å². The average Bonchev–Trinajstić information content (AvgIpc) is 2.63. The number of nitrogens with one attached hydrogen (secondary N) is 1. The van der Waals surface area contributed by atoms with E-state index in [2.05, 4.69) is 39.2 Å². The fraction of sp³-hybridized carbons (Fsp3) is 0.389. The zero-order chi connectivity index (χ0) is 16.9. The van der Waals surface area contributed by atoms with E-state index < -0.39 is 0 Å². The van der Waals surface area contributed by atoms with Gasteiger partial charge >= 0.3 is 0 Å². The molecule has 1 amide bonds. The van der Waals surface area contributed by atoms with Gasteiger partial charge in [-0.25, -0.2) is 4.98 Å². The molecule has 0 radical (unpaired) electrons. The van der Waals surface area contributed by atoms with Crippen molar-refractivity contribution < 1.29 is 4.79 Å². The van der Waals surface area contributed by atoms with Crippen LogP contribution in [0, 0.1) is 0 Å². The van der Waals surface area contributed by atoms with Crippen molar-refractivity contribution in [3.05, 3.63) is 48.3 Å². The summed E-state index contributed by atoms with van der Waals surface area (Å²) >= 11 is 0. The quantitative estimate of drug-likeness (QED) is 0.934. The van der Waals surface area contributed by atoms with Gasteiger partial charge in [-0.2, -0.15) is 0 Å². The second-order valence-electron chi connectivity index (χ2n) is 6.22. The van der Waals surface area contributed by atoms with Crippen molar-refractivity contribution in [3.8, 4) is 0 Å². The summed E-state index contributed by atoms with van der Waals surface area (Å²) in [6.07, 6.45) is 5.44. The maximum absolute atomic E-state index is 12.2. The third-order valence-electron chi connectivity index (χ3n) is 4.50. The lowest BCUT2D eigenvalue weighted by Crippen LogP contribution is -2.42. The highest BCUT2D eigenvalue weighted by Crippen LogP contribution is 2.21. The maximum atomic E-state index is 12.2. The molecule has 1 fully saturated rings. The van der Waals surface area contributed by atoms with Gasteiger partial charge in [-0.1, -0.05) is 6.07 Å². The Morgan fingerprint density at radius 1 is 1.25 bits per heavy atom. The first-order chi connectivity index (χ1) is 11.6. The Labute approximate surface area is 142 Å². The van der Waals surface area contributed by atoms with Gasteiger partial charge in [0.05, 0.1) is 5.56 Å². The maximum Gasteiger partial charge on any atom is 0.258 e. The zero-order valence-electron chi connectivity index (χ0n) is 14.1. The molecule has 0 atom stereocenters. The number of hydrogen-bond donors (Lipinski definition) is 1. The van der Waals surface area contributed by atoms with Crippen molar-refractivity contribution in [2.45, 2.75) is 18.9 Å².